The van der Waals surface area contributed by atoms with Gasteiger partial charge < -0.3 is 4.74 Å². The molecule has 1 aliphatic heterocycles. The molecule has 0 amide bonds. The fraction of sp³-hybridized carbons (Fsp3) is 0.818. The summed E-state index contributed by atoms with van der Waals surface area (Å²) in [5.74, 6) is 0.571. The molecule has 2 bridgehead atoms. The van der Waals surface area contributed by atoms with E-state index in [0.29, 0.717) is 18.6 Å². The van der Waals surface area contributed by atoms with Crippen LogP contribution in [-0.2, 0) is 14.3 Å². The molecule has 0 aromatic heterocycles. The fourth-order valence-electron chi connectivity index (χ4n) is 3.55. The molecule has 0 spiro atoms. The molecule has 14 heavy (non-hydrogen) atoms. The second-order valence-corrected chi connectivity index (χ2v) is 5.22. The molecule has 2 unspecified atom stereocenters. The molecule has 4 fully saturated rings. The topological polar surface area (TPSA) is 43.4 Å². The molecule has 76 valence electrons. The molecule has 4 rings (SSSR count). The first-order valence-corrected chi connectivity index (χ1v) is 5.32. The van der Waals surface area contributed by atoms with Crippen LogP contribution in [0.3, 0.4) is 0 Å². The van der Waals surface area contributed by atoms with Crippen LogP contribution >= 0.6 is 0 Å². The van der Waals surface area contributed by atoms with Crippen LogP contribution in [-0.4, -0.2) is 17.9 Å². The van der Waals surface area contributed by atoms with Crippen molar-refractivity contribution in [1.29, 1.82) is 0 Å². The van der Waals surface area contributed by atoms with Crippen LogP contribution in [0, 0.1) is 17.3 Å². The van der Waals surface area contributed by atoms with Crippen molar-refractivity contribution in [3.63, 3.8) is 0 Å². The van der Waals surface area contributed by atoms with Crippen molar-refractivity contribution in [1.82, 2.24) is 0 Å². The molecule has 3 saturated carbocycles. The average Bonchev–Trinajstić information content (AvgIpc) is 2.47. The van der Waals surface area contributed by atoms with Gasteiger partial charge in [-0.2, -0.15) is 0 Å². The number of fused-ring (bicyclic) bond motifs is 2. The highest BCUT2D eigenvalue weighted by Crippen LogP contribution is 2.55. The summed E-state index contributed by atoms with van der Waals surface area (Å²) in [6.07, 6.45) is 3.12. The number of Topliss-reactive ketones (excluding diaryl/α,β-unsaturated/α-hetero) is 1. The maximum Gasteiger partial charge on any atom is 0.306 e. The van der Waals surface area contributed by atoms with Crippen LogP contribution in [0.4, 0.5) is 0 Å². The number of hydrogen-bond acceptors (Lipinski definition) is 3. The van der Waals surface area contributed by atoms with Gasteiger partial charge in [-0.15, -0.1) is 0 Å². The van der Waals surface area contributed by atoms with Crippen LogP contribution in [0.1, 0.15) is 32.6 Å². The quantitative estimate of drug-likeness (QED) is 0.546. The number of hydrogen-bond donors (Lipinski definition) is 0. The van der Waals surface area contributed by atoms with Crippen molar-refractivity contribution in [2.24, 2.45) is 17.3 Å². The Bertz CT molecular complexity index is 322. The van der Waals surface area contributed by atoms with Crippen molar-refractivity contribution in [2.45, 2.75) is 38.7 Å². The zero-order valence-electron chi connectivity index (χ0n) is 8.29. The second kappa shape index (κ2) is 2.38. The van der Waals surface area contributed by atoms with Gasteiger partial charge >= 0.3 is 5.97 Å². The van der Waals surface area contributed by atoms with E-state index < -0.39 is 0 Å². The van der Waals surface area contributed by atoms with Crippen LogP contribution in [0.25, 0.3) is 0 Å². The molecule has 0 aromatic rings. The molecule has 0 N–H and O–H groups in total. The summed E-state index contributed by atoms with van der Waals surface area (Å²) in [6, 6.07) is 0. The van der Waals surface area contributed by atoms with E-state index in [-0.39, 0.29) is 29.3 Å². The lowest BCUT2D eigenvalue weighted by Gasteiger charge is -2.49. The van der Waals surface area contributed by atoms with Crippen molar-refractivity contribution >= 4 is 11.8 Å². The molecule has 4 aliphatic rings. The average molecular weight is 194 g/mol. The van der Waals surface area contributed by atoms with E-state index >= 15 is 0 Å². The molecule has 3 aliphatic carbocycles. The third-order valence-corrected chi connectivity index (χ3v) is 4.27. The molecule has 1 saturated heterocycles. The van der Waals surface area contributed by atoms with E-state index in [0.717, 1.165) is 12.8 Å². The van der Waals surface area contributed by atoms with Crippen molar-refractivity contribution < 1.29 is 14.3 Å². The highest BCUT2D eigenvalue weighted by atomic mass is 16.6. The van der Waals surface area contributed by atoms with E-state index in [4.69, 9.17) is 4.74 Å². The smallest absolute Gasteiger partial charge is 0.306 e. The van der Waals surface area contributed by atoms with Gasteiger partial charge in [-0.05, 0) is 12.8 Å². The predicted octanol–water partition coefficient (Wildman–Crippen LogP) is 1.31. The first-order valence-electron chi connectivity index (χ1n) is 5.32. The molecular weight excluding hydrogens is 180 g/mol. The van der Waals surface area contributed by atoms with Crippen LogP contribution < -0.4 is 0 Å². The Hall–Kier alpha value is -0.860. The molecule has 3 nitrogen and oxygen atoms in total. The highest BCUT2D eigenvalue weighted by Gasteiger charge is 2.59. The monoisotopic (exact) mass is 194 g/mol. The zero-order chi connectivity index (χ0) is 9.92. The maximum atomic E-state index is 11.7. The van der Waals surface area contributed by atoms with Crippen molar-refractivity contribution in [3.05, 3.63) is 0 Å². The Morgan fingerprint density at radius 2 is 2.21 bits per heavy atom. The minimum absolute atomic E-state index is 0.0337. The van der Waals surface area contributed by atoms with Gasteiger partial charge in [0, 0.05) is 23.7 Å². The molecule has 0 aromatic carbocycles. The summed E-state index contributed by atoms with van der Waals surface area (Å²) >= 11 is 0. The molecule has 4 atom stereocenters. The molecule has 3 heteroatoms. The third kappa shape index (κ3) is 0.877. The Morgan fingerprint density at radius 1 is 1.43 bits per heavy atom. The summed E-state index contributed by atoms with van der Waals surface area (Å²) in [7, 11) is 0. The first kappa shape index (κ1) is 8.45. The van der Waals surface area contributed by atoms with Crippen molar-refractivity contribution in [2.75, 3.05) is 0 Å². The standard InChI is InChI=1S/C11H14O3/c1-11-3-2-6(8(12)5-11)7-4-9(13)14-10(7)11/h6-7,10H,2-5H2,1H3/t6?,7-,10-,11?/m1/s1. The minimum Gasteiger partial charge on any atom is -0.461 e. The number of carbonyl (C=O) groups excluding carboxylic acids is 2. The number of rotatable bonds is 0. The van der Waals surface area contributed by atoms with E-state index in [1.54, 1.807) is 0 Å². The lowest BCUT2D eigenvalue weighted by molar-refractivity contribution is -0.161. The van der Waals surface area contributed by atoms with Crippen molar-refractivity contribution in [3.8, 4) is 0 Å². The van der Waals surface area contributed by atoms with Gasteiger partial charge in [0.1, 0.15) is 11.9 Å². The second-order valence-electron chi connectivity index (χ2n) is 5.22. The third-order valence-electron chi connectivity index (χ3n) is 4.27. The Labute approximate surface area is 82.8 Å². The predicted molar refractivity (Wildman–Crippen MR) is 48.4 cm³/mol. The van der Waals surface area contributed by atoms with Gasteiger partial charge in [0.2, 0.25) is 0 Å². The number of esters is 1. The lowest BCUT2D eigenvalue weighted by Crippen LogP contribution is -2.53. The zero-order valence-corrected chi connectivity index (χ0v) is 8.29. The Kier molecular flexibility index (Phi) is 1.44. The fourth-order valence-corrected chi connectivity index (χ4v) is 3.55. The highest BCUT2D eigenvalue weighted by molar-refractivity contribution is 5.86. The van der Waals surface area contributed by atoms with E-state index in [2.05, 4.69) is 6.92 Å². The molecule has 0 radical (unpaired) electrons. The van der Waals surface area contributed by atoms with Gasteiger partial charge in [0.05, 0.1) is 6.42 Å². The van der Waals surface area contributed by atoms with Gasteiger partial charge in [0.25, 0.3) is 0 Å². The lowest BCUT2D eigenvalue weighted by atomic mass is 9.55. The van der Waals surface area contributed by atoms with Crippen LogP contribution in [0.2, 0.25) is 0 Å². The molecule has 1 heterocycles. The maximum absolute atomic E-state index is 11.7. The van der Waals surface area contributed by atoms with Crippen LogP contribution in [0.15, 0.2) is 0 Å². The summed E-state index contributed by atoms with van der Waals surface area (Å²) < 4.78 is 5.36. The van der Waals surface area contributed by atoms with E-state index in [1.165, 1.54) is 0 Å². The first-order chi connectivity index (χ1) is 6.60. The normalized spacial score (nSPS) is 50.5. The number of carbonyl (C=O) groups is 2. The van der Waals surface area contributed by atoms with Gasteiger partial charge in [-0.1, -0.05) is 6.92 Å². The summed E-state index contributed by atoms with van der Waals surface area (Å²) in [4.78, 5) is 23.0. The van der Waals surface area contributed by atoms with Gasteiger partial charge in [0.15, 0.2) is 0 Å². The molecular formula is C11H14O3. The van der Waals surface area contributed by atoms with E-state index in [1.807, 2.05) is 0 Å². The Balaban J connectivity index is 2.02. The largest absolute Gasteiger partial charge is 0.461 e. The van der Waals surface area contributed by atoms with E-state index in [9.17, 15) is 9.59 Å². The summed E-state index contributed by atoms with van der Waals surface area (Å²) in [6.45, 7) is 2.09. The summed E-state index contributed by atoms with van der Waals surface area (Å²) in [5.41, 5.74) is -0.0529. The number of ether oxygens (including phenoxy) is 1. The number of ketones is 1. The van der Waals surface area contributed by atoms with Gasteiger partial charge in [-0.3, -0.25) is 9.59 Å². The SMILES string of the molecule is CC12CCC(C(=O)C1)[C@H]1CC(=O)O[C@H]12. The minimum atomic E-state index is -0.104. The Morgan fingerprint density at radius 3 is 2.93 bits per heavy atom. The van der Waals surface area contributed by atoms with Gasteiger partial charge in [-0.25, -0.2) is 0 Å². The summed E-state index contributed by atoms with van der Waals surface area (Å²) in [5, 5.41) is 0. The van der Waals surface area contributed by atoms with Crippen LogP contribution in [0.5, 0.6) is 0 Å².